The molecule has 0 N–H and O–H groups in total. The first-order chi connectivity index (χ1) is 13.2. The van der Waals surface area contributed by atoms with Crippen molar-refractivity contribution in [1.82, 2.24) is 14.5 Å². The molecule has 0 radical (unpaired) electrons. The van der Waals surface area contributed by atoms with Crippen LogP contribution in [0.3, 0.4) is 0 Å². The van der Waals surface area contributed by atoms with E-state index in [9.17, 15) is 0 Å². The van der Waals surface area contributed by atoms with Crippen LogP contribution < -0.4 is 9.64 Å². The first-order valence-electron chi connectivity index (χ1n) is 8.97. The summed E-state index contributed by atoms with van der Waals surface area (Å²) in [5, 5.41) is 1.25. The van der Waals surface area contributed by atoms with Crippen LogP contribution in [0.4, 0.5) is 5.82 Å². The van der Waals surface area contributed by atoms with Crippen LogP contribution in [0.1, 0.15) is 24.2 Å². The third-order valence-corrected chi connectivity index (χ3v) is 5.00. The van der Waals surface area contributed by atoms with Crippen LogP contribution in [0.25, 0.3) is 0 Å². The van der Waals surface area contributed by atoms with Crippen LogP contribution in [0.2, 0.25) is 10.0 Å². The minimum atomic E-state index is 0.345. The lowest BCUT2D eigenvalue weighted by Crippen LogP contribution is -2.19. The molecule has 0 bridgehead atoms. The minimum absolute atomic E-state index is 0.345. The Balaban J connectivity index is 1.44. The van der Waals surface area contributed by atoms with E-state index in [0.717, 1.165) is 30.3 Å². The molecule has 1 saturated heterocycles. The van der Waals surface area contributed by atoms with Gasteiger partial charge in [0, 0.05) is 48.1 Å². The van der Waals surface area contributed by atoms with Gasteiger partial charge < -0.3 is 14.2 Å². The van der Waals surface area contributed by atoms with Gasteiger partial charge in [-0.25, -0.2) is 4.98 Å². The van der Waals surface area contributed by atoms with Crippen LogP contribution in [0.5, 0.6) is 5.88 Å². The molecule has 1 aliphatic rings. The van der Waals surface area contributed by atoms with Crippen LogP contribution in [0, 0.1) is 0 Å². The number of anilines is 1. The van der Waals surface area contributed by atoms with E-state index in [4.69, 9.17) is 27.9 Å². The molecule has 0 atom stereocenters. The highest BCUT2D eigenvalue weighted by Gasteiger charge is 2.14. The van der Waals surface area contributed by atoms with Crippen molar-refractivity contribution >= 4 is 29.0 Å². The number of aromatic nitrogens is 3. The standard InChI is InChI=1S/C20H20Cl2N4O/c21-16-10-15(11-17(22)12-16)13-26-9-6-23-19(26)14-27-20-5-3-4-18(24-20)25-7-1-2-8-25/h3-6,9-12H,1-2,7-8,13-14H2. The number of ether oxygens (including phenoxy) is 1. The second-order valence-corrected chi connectivity index (χ2v) is 7.44. The van der Waals surface area contributed by atoms with E-state index in [1.54, 1.807) is 12.3 Å². The molecular weight excluding hydrogens is 383 g/mol. The lowest BCUT2D eigenvalue weighted by Gasteiger charge is -2.17. The molecule has 140 valence electrons. The van der Waals surface area contributed by atoms with Gasteiger partial charge in [0.05, 0.1) is 0 Å². The molecule has 1 aliphatic heterocycles. The Morgan fingerprint density at radius 1 is 1.04 bits per heavy atom. The highest BCUT2D eigenvalue weighted by Crippen LogP contribution is 2.22. The second kappa shape index (κ2) is 8.19. The molecule has 0 amide bonds. The van der Waals surface area contributed by atoms with Gasteiger partial charge in [0.15, 0.2) is 0 Å². The largest absolute Gasteiger partial charge is 0.469 e. The zero-order chi connectivity index (χ0) is 18.6. The Morgan fingerprint density at radius 3 is 2.59 bits per heavy atom. The highest BCUT2D eigenvalue weighted by molar-refractivity contribution is 6.34. The van der Waals surface area contributed by atoms with Crippen LogP contribution in [-0.2, 0) is 13.2 Å². The maximum Gasteiger partial charge on any atom is 0.215 e. The summed E-state index contributed by atoms with van der Waals surface area (Å²) in [5.74, 6) is 2.40. The van der Waals surface area contributed by atoms with Gasteiger partial charge in [-0.15, -0.1) is 0 Å². The number of imidazole rings is 1. The van der Waals surface area contributed by atoms with Gasteiger partial charge in [0.25, 0.3) is 0 Å². The van der Waals surface area contributed by atoms with Gasteiger partial charge in [-0.1, -0.05) is 29.3 Å². The smallest absolute Gasteiger partial charge is 0.215 e. The average molecular weight is 403 g/mol. The fourth-order valence-electron chi connectivity index (χ4n) is 3.27. The molecule has 5 nitrogen and oxygen atoms in total. The van der Waals surface area contributed by atoms with Crippen molar-refractivity contribution in [1.29, 1.82) is 0 Å². The quantitative estimate of drug-likeness (QED) is 0.592. The summed E-state index contributed by atoms with van der Waals surface area (Å²) in [7, 11) is 0. The van der Waals surface area contributed by atoms with E-state index in [1.807, 2.05) is 41.1 Å². The molecule has 2 aromatic heterocycles. The normalized spacial score (nSPS) is 13.9. The summed E-state index contributed by atoms with van der Waals surface area (Å²) in [6.45, 7) is 3.09. The molecule has 0 aliphatic carbocycles. The zero-order valence-corrected chi connectivity index (χ0v) is 16.3. The van der Waals surface area contributed by atoms with Crippen LogP contribution >= 0.6 is 23.2 Å². The number of halogens is 2. The fraction of sp³-hybridized carbons (Fsp3) is 0.300. The molecule has 0 spiro atoms. The van der Waals surface area contributed by atoms with Crippen molar-refractivity contribution in [2.45, 2.75) is 26.0 Å². The number of pyridine rings is 1. The molecule has 1 aromatic carbocycles. The topological polar surface area (TPSA) is 43.2 Å². The third-order valence-electron chi connectivity index (χ3n) is 4.57. The predicted octanol–water partition coefficient (Wildman–Crippen LogP) is 4.81. The minimum Gasteiger partial charge on any atom is -0.469 e. The summed E-state index contributed by atoms with van der Waals surface area (Å²) < 4.78 is 7.92. The summed E-state index contributed by atoms with van der Waals surface area (Å²) in [5.41, 5.74) is 1.01. The van der Waals surface area contributed by atoms with Gasteiger partial charge in [0.2, 0.25) is 5.88 Å². The van der Waals surface area contributed by atoms with E-state index >= 15 is 0 Å². The molecular formula is C20H20Cl2N4O. The molecule has 27 heavy (non-hydrogen) atoms. The number of nitrogens with zero attached hydrogens (tertiary/aromatic N) is 4. The van der Waals surface area contributed by atoms with Crippen molar-refractivity contribution < 1.29 is 4.74 Å². The van der Waals surface area contributed by atoms with Crippen molar-refractivity contribution in [2.24, 2.45) is 0 Å². The highest BCUT2D eigenvalue weighted by atomic mass is 35.5. The summed E-state index contributed by atoms with van der Waals surface area (Å²) in [6.07, 6.45) is 6.12. The van der Waals surface area contributed by atoms with Crippen molar-refractivity contribution in [3.05, 3.63) is 70.2 Å². The van der Waals surface area contributed by atoms with Crippen molar-refractivity contribution in [2.75, 3.05) is 18.0 Å². The Kier molecular flexibility index (Phi) is 5.50. The fourth-order valence-corrected chi connectivity index (χ4v) is 3.84. The van der Waals surface area contributed by atoms with Gasteiger partial charge in [-0.3, -0.25) is 0 Å². The van der Waals surface area contributed by atoms with E-state index in [-0.39, 0.29) is 0 Å². The van der Waals surface area contributed by atoms with Gasteiger partial charge >= 0.3 is 0 Å². The Bertz CT molecular complexity index is 902. The van der Waals surface area contributed by atoms with E-state index in [1.165, 1.54) is 12.8 Å². The van der Waals surface area contributed by atoms with E-state index in [0.29, 0.717) is 29.1 Å². The lowest BCUT2D eigenvalue weighted by molar-refractivity contribution is 0.279. The zero-order valence-electron chi connectivity index (χ0n) is 14.8. The number of benzene rings is 1. The van der Waals surface area contributed by atoms with Gasteiger partial charge in [0.1, 0.15) is 18.2 Å². The third kappa shape index (κ3) is 4.54. The Labute approximate surface area is 168 Å². The second-order valence-electron chi connectivity index (χ2n) is 6.57. The van der Waals surface area contributed by atoms with E-state index in [2.05, 4.69) is 14.9 Å². The lowest BCUT2D eigenvalue weighted by atomic mass is 10.2. The first-order valence-corrected chi connectivity index (χ1v) is 9.73. The molecule has 0 saturated carbocycles. The molecule has 3 heterocycles. The predicted molar refractivity (Wildman–Crippen MR) is 108 cm³/mol. The molecule has 3 aromatic rings. The summed E-state index contributed by atoms with van der Waals surface area (Å²) >= 11 is 12.2. The van der Waals surface area contributed by atoms with E-state index < -0.39 is 0 Å². The summed E-state index contributed by atoms with van der Waals surface area (Å²) in [6, 6.07) is 11.4. The van der Waals surface area contributed by atoms with Crippen LogP contribution in [-0.4, -0.2) is 27.6 Å². The summed E-state index contributed by atoms with van der Waals surface area (Å²) in [4.78, 5) is 11.3. The van der Waals surface area contributed by atoms with Crippen molar-refractivity contribution in [3.63, 3.8) is 0 Å². The SMILES string of the molecule is Clc1cc(Cl)cc(Cn2ccnc2COc2cccc(N3CCCC3)n2)c1. The average Bonchev–Trinajstić information content (AvgIpc) is 3.31. The van der Waals surface area contributed by atoms with Crippen molar-refractivity contribution in [3.8, 4) is 5.88 Å². The number of hydrogen-bond donors (Lipinski definition) is 0. The monoisotopic (exact) mass is 402 g/mol. The Hall–Kier alpha value is -2.24. The maximum atomic E-state index is 6.09. The van der Waals surface area contributed by atoms with Gasteiger partial charge in [-0.05, 0) is 42.7 Å². The molecule has 0 unspecified atom stereocenters. The molecule has 1 fully saturated rings. The maximum absolute atomic E-state index is 6.09. The number of rotatable bonds is 6. The number of hydrogen-bond acceptors (Lipinski definition) is 4. The Morgan fingerprint density at radius 2 is 1.81 bits per heavy atom. The first kappa shape index (κ1) is 18.1. The van der Waals surface area contributed by atoms with Gasteiger partial charge in [-0.2, -0.15) is 4.98 Å². The molecule has 7 heteroatoms. The van der Waals surface area contributed by atoms with Crippen LogP contribution in [0.15, 0.2) is 48.8 Å². The molecule has 4 rings (SSSR count).